The van der Waals surface area contributed by atoms with Crippen molar-refractivity contribution in [1.29, 1.82) is 0 Å². The van der Waals surface area contributed by atoms with Crippen molar-refractivity contribution in [2.45, 2.75) is 12.5 Å². The van der Waals surface area contributed by atoms with E-state index in [0.717, 1.165) is 18.7 Å². The van der Waals surface area contributed by atoms with E-state index >= 15 is 0 Å². The summed E-state index contributed by atoms with van der Waals surface area (Å²) in [6, 6.07) is 15.3. The van der Waals surface area contributed by atoms with Gasteiger partial charge in [0.25, 0.3) is 0 Å². The molecule has 1 aliphatic rings. The minimum absolute atomic E-state index is 0.250. The molecule has 0 saturated heterocycles. The van der Waals surface area contributed by atoms with Crippen LogP contribution in [0.15, 0.2) is 42.5 Å². The monoisotopic (exact) mass is 282 g/mol. The molecular formula is C18H22N2O. The van der Waals surface area contributed by atoms with E-state index in [1.54, 1.807) is 7.11 Å². The summed E-state index contributed by atoms with van der Waals surface area (Å²) in [6.07, 6.45) is 1.02. The van der Waals surface area contributed by atoms with Gasteiger partial charge in [0, 0.05) is 31.9 Å². The molecule has 1 atom stereocenters. The fourth-order valence-corrected chi connectivity index (χ4v) is 3.03. The van der Waals surface area contributed by atoms with E-state index in [-0.39, 0.29) is 6.04 Å². The van der Waals surface area contributed by atoms with Gasteiger partial charge in [0.1, 0.15) is 5.75 Å². The Morgan fingerprint density at radius 1 is 1.10 bits per heavy atom. The highest BCUT2D eigenvalue weighted by Gasteiger charge is 2.23. The standard InChI is InChI=1S/C18H22N2O/c1-20(2)14-9-7-13(8-10-14)18-16-5-4-6-17(21-3)15(16)11-12-19-18/h4-10,18-19H,11-12H2,1-3H3. The molecule has 0 amide bonds. The quantitative estimate of drug-likeness (QED) is 0.936. The number of hydrogen-bond donors (Lipinski definition) is 1. The van der Waals surface area contributed by atoms with Crippen molar-refractivity contribution < 1.29 is 4.74 Å². The van der Waals surface area contributed by atoms with Crippen LogP contribution in [0.1, 0.15) is 22.7 Å². The molecule has 2 aromatic rings. The van der Waals surface area contributed by atoms with Gasteiger partial charge in [0.15, 0.2) is 0 Å². The number of methoxy groups -OCH3 is 1. The Bertz CT molecular complexity index is 620. The molecule has 2 aromatic carbocycles. The second kappa shape index (κ2) is 5.78. The van der Waals surface area contributed by atoms with Crippen LogP contribution < -0.4 is 15.0 Å². The predicted molar refractivity (Wildman–Crippen MR) is 87.3 cm³/mol. The Labute approximate surface area is 126 Å². The average Bonchev–Trinajstić information content (AvgIpc) is 2.53. The minimum atomic E-state index is 0.250. The smallest absolute Gasteiger partial charge is 0.122 e. The molecule has 1 unspecified atom stereocenters. The molecule has 0 aromatic heterocycles. The number of anilines is 1. The van der Waals surface area contributed by atoms with Gasteiger partial charge in [-0.05, 0) is 35.7 Å². The summed E-state index contributed by atoms with van der Waals surface area (Å²) >= 11 is 0. The third kappa shape index (κ3) is 2.61. The molecule has 110 valence electrons. The lowest BCUT2D eigenvalue weighted by Crippen LogP contribution is -2.30. The zero-order valence-electron chi connectivity index (χ0n) is 12.9. The van der Waals surface area contributed by atoms with Crippen molar-refractivity contribution in [1.82, 2.24) is 5.32 Å². The molecule has 1 N–H and O–H groups in total. The van der Waals surface area contributed by atoms with Gasteiger partial charge in [-0.25, -0.2) is 0 Å². The van der Waals surface area contributed by atoms with Crippen LogP contribution in [0.2, 0.25) is 0 Å². The normalized spacial score (nSPS) is 17.2. The third-order valence-corrected chi connectivity index (χ3v) is 4.17. The highest BCUT2D eigenvalue weighted by atomic mass is 16.5. The van der Waals surface area contributed by atoms with Crippen molar-refractivity contribution in [2.24, 2.45) is 0 Å². The Morgan fingerprint density at radius 2 is 1.86 bits per heavy atom. The van der Waals surface area contributed by atoms with Crippen molar-refractivity contribution >= 4 is 5.69 Å². The van der Waals surface area contributed by atoms with E-state index in [4.69, 9.17) is 4.74 Å². The van der Waals surface area contributed by atoms with Gasteiger partial charge in [-0.2, -0.15) is 0 Å². The zero-order valence-corrected chi connectivity index (χ0v) is 12.9. The fraction of sp³-hybridized carbons (Fsp3) is 0.333. The first-order valence-electron chi connectivity index (χ1n) is 7.37. The number of hydrogen-bond acceptors (Lipinski definition) is 3. The van der Waals surface area contributed by atoms with Gasteiger partial charge in [-0.1, -0.05) is 24.3 Å². The molecule has 3 rings (SSSR count). The van der Waals surface area contributed by atoms with E-state index in [2.05, 4.69) is 66.8 Å². The summed E-state index contributed by atoms with van der Waals surface area (Å²) in [5.74, 6) is 1.00. The molecule has 0 aliphatic carbocycles. The fourth-order valence-electron chi connectivity index (χ4n) is 3.03. The lowest BCUT2D eigenvalue weighted by molar-refractivity contribution is 0.404. The number of nitrogens with one attached hydrogen (secondary N) is 1. The van der Waals surface area contributed by atoms with Gasteiger partial charge < -0.3 is 15.0 Å². The summed E-state index contributed by atoms with van der Waals surface area (Å²) in [6.45, 7) is 0.980. The van der Waals surface area contributed by atoms with E-state index in [1.165, 1.54) is 22.4 Å². The Hall–Kier alpha value is -2.00. The molecule has 0 radical (unpaired) electrons. The van der Waals surface area contributed by atoms with Crippen LogP contribution in [0.25, 0.3) is 0 Å². The lowest BCUT2D eigenvalue weighted by Gasteiger charge is -2.29. The molecule has 3 heteroatoms. The van der Waals surface area contributed by atoms with E-state index in [9.17, 15) is 0 Å². The Morgan fingerprint density at radius 3 is 2.52 bits per heavy atom. The van der Waals surface area contributed by atoms with Crippen LogP contribution in [0, 0.1) is 0 Å². The maximum Gasteiger partial charge on any atom is 0.122 e. The molecule has 0 fully saturated rings. The molecule has 0 spiro atoms. The highest BCUT2D eigenvalue weighted by Crippen LogP contribution is 2.34. The number of benzene rings is 2. The maximum absolute atomic E-state index is 5.51. The predicted octanol–water partition coefficient (Wildman–Crippen LogP) is 3.00. The molecular weight excluding hydrogens is 260 g/mol. The summed E-state index contributed by atoms with van der Waals surface area (Å²) in [7, 11) is 5.88. The van der Waals surface area contributed by atoms with Crippen LogP contribution in [0.4, 0.5) is 5.69 Å². The van der Waals surface area contributed by atoms with Crippen molar-refractivity contribution in [3.8, 4) is 5.75 Å². The average molecular weight is 282 g/mol. The molecule has 1 heterocycles. The molecule has 21 heavy (non-hydrogen) atoms. The number of rotatable bonds is 3. The van der Waals surface area contributed by atoms with Gasteiger partial charge >= 0.3 is 0 Å². The Balaban J connectivity index is 1.98. The topological polar surface area (TPSA) is 24.5 Å². The minimum Gasteiger partial charge on any atom is -0.496 e. The summed E-state index contributed by atoms with van der Waals surface area (Å²) in [5, 5.41) is 3.62. The second-order valence-electron chi connectivity index (χ2n) is 5.65. The molecule has 3 nitrogen and oxygen atoms in total. The second-order valence-corrected chi connectivity index (χ2v) is 5.65. The van der Waals surface area contributed by atoms with Gasteiger partial charge in [-0.3, -0.25) is 0 Å². The number of ether oxygens (including phenoxy) is 1. The van der Waals surface area contributed by atoms with Crippen molar-refractivity contribution in [2.75, 3.05) is 32.6 Å². The molecule has 0 saturated carbocycles. The highest BCUT2D eigenvalue weighted by molar-refractivity contribution is 5.51. The molecule has 0 bridgehead atoms. The van der Waals surface area contributed by atoms with Crippen molar-refractivity contribution in [3.63, 3.8) is 0 Å². The SMILES string of the molecule is COc1cccc2c1CCNC2c1ccc(N(C)C)cc1. The van der Waals surface area contributed by atoms with Crippen molar-refractivity contribution in [3.05, 3.63) is 59.2 Å². The van der Waals surface area contributed by atoms with Crippen LogP contribution in [0.5, 0.6) is 5.75 Å². The first kappa shape index (κ1) is 14.0. The largest absolute Gasteiger partial charge is 0.496 e. The summed E-state index contributed by atoms with van der Waals surface area (Å²) in [4.78, 5) is 2.12. The van der Waals surface area contributed by atoms with E-state index < -0.39 is 0 Å². The summed E-state index contributed by atoms with van der Waals surface area (Å²) < 4.78 is 5.51. The first-order chi connectivity index (χ1) is 10.2. The third-order valence-electron chi connectivity index (χ3n) is 4.17. The van der Waals surface area contributed by atoms with Gasteiger partial charge in [0.05, 0.1) is 13.2 Å². The first-order valence-corrected chi connectivity index (χ1v) is 7.37. The maximum atomic E-state index is 5.51. The number of nitrogens with zero attached hydrogens (tertiary/aromatic N) is 1. The van der Waals surface area contributed by atoms with Crippen LogP contribution in [-0.2, 0) is 6.42 Å². The lowest BCUT2D eigenvalue weighted by atomic mass is 9.89. The van der Waals surface area contributed by atoms with Crippen LogP contribution >= 0.6 is 0 Å². The van der Waals surface area contributed by atoms with E-state index in [0.29, 0.717) is 0 Å². The van der Waals surface area contributed by atoms with Gasteiger partial charge in [-0.15, -0.1) is 0 Å². The molecule has 1 aliphatic heterocycles. The number of fused-ring (bicyclic) bond motifs is 1. The zero-order chi connectivity index (χ0) is 14.8. The Kier molecular flexibility index (Phi) is 3.84. The summed E-state index contributed by atoms with van der Waals surface area (Å²) in [5.41, 5.74) is 5.19. The van der Waals surface area contributed by atoms with Gasteiger partial charge in [0.2, 0.25) is 0 Å². The van der Waals surface area contributed by atoms with Crippen LogP contribution in [0.3, 0.4) is 0 Å². The van der Waals surface area contributed by atoms with E-state index in [1.807, 2.05) is 0 Å². The van der Waals surface area contributed by atoms with Crippen LogP contribution in [-0.4, -0.2) is 27.7 Å².